The SMILES string of the molecule is CC1C(N)CCN1S(=O)(=O)c1ccc(C#N)cc1Cl. The summed E-state index contributed by atoms with van der Waals surface area (Å²) in [6.45, 7) is 2.17. The number of halogens is 1. The summed E-state index contributed by atoms with van der Waals surface area (Å²) < 4.78 is 26.4. The Labute approximate surface area is 117 Å². The van der Waals surface area contributed by atoms with Crippen LogP contribution < -0.4 is 5.73 Å². The van der Waals surface area contributed by atoms with Gasteiger partial charge in [-0.2, -0.15) is 9.57 Å². The van der Waals surface area contributed by atoms with E-state index >= 15 is 0 Å². The molecule has 2 N–H and O–H groups in total. The molecule has 7 heteroatoms. The van der Waals surface area contributed by atoms with Gasteiger partial charge in [-0.15, -0.1) is 0 Å². The summed E-state index contributed by atoms with van der Waals surface area (Å²) in [4.78, 5) is 0.0223. The van der Waals surface area contributed by atoms with Crippen LogP contribution in [0.15, 0.2) is 23.1 Å². The van der Waals surface area contributed by atoms with E-state index in [-0.39, 0.29) is 22.0 Å². The van der Waals surface area contributed by atoms with Gasteiger partial charge in [-0.3, -0.25) is 0 Å². The molecule has 1 fully saturated rings. The lowest BCUT2D eigenvalue weighted by atomic mass is 10.2. The minimum atomic E-state index is -3.66. The number of rotatable bonds is 2. The molecular formula is C12H14ClN3O2S. The molecule has 2 atom stereocenters. The molecule has 1 aliphatic heterocycles. The van der Waals surface area contributed by atoms with Gasteiger partial charge in [0.15, 0.2) is 0 Å². The van der Waals surface area contributed by atoms with Crippen molar-refractivity contribution in [3.05, 3.63) is 28.8 Å². The van der Waals surface area contributed by atoms with Crippen molar-refractivity contribution in [2.45, 2.75) is 30.3 Å². The number of nitrogens with two attached hydrogens (primary N) is 1. The molecule has 1 saturated heterocycles. The zero-order chi connectivity index (χ0) is 14.2. The highest BCUT2D eigenvalue weighted by atomic mass is 35.5. The molecule has 1 heterocycles. The largest absolute Gasteiger partial charge is 0.326 e. The molecule has 0 aromatic heterocycles. The van der Waals surface area contributed by atoms with Gasteiger partial charge in [0.25, 0.3) is 0 Å². The van der Waals surface area contributed by atoms with Crippen LogP contribution in [0.1, 0.15) is 18.9 Å². The lowest BCUT2D eigenvalue weighted by Crippen LogP contribution is -2.40. The van der Waals surface area contributed by atoms with Crippen LogP contribution >= 0.6 is 11.6 Å². The first-order chi connectivity index (χ1) is 8.87. The zero-order valence-corrected chi connectivity index (χ0v) is 11.9. The molecule has 0 aliphatic carbocycles. The van der Waals surface area contributed by atoms with E-state index in [1.165, 1.54) is 22.5 Å². The van der Waals surface area contributed by atoms with Crippen molar-refractivity contribution >= 4 is 21.6 Å². The molecular weight excluding hydrogens is 286 g/mol. The van der Waals surface area contributed by atoms with Gasteiger partial charge in [-0.1, -0.05) is 11.6 Å². The summed E-state index contributed by atoms with van der Waals surface area (Å²) >= 11 is 5.97. The van der Waals surface area contributed by atoms with E-state index in [0.717, 1.165) is 0 Å². The Balaban J connectivity index is 2.44. The monoisotopic (exact) mass is 299 g/mol. The van der Waals surface area contributed by atoms with E-state index in [1.54, 1.807) is 6.92 Å². The molecule has 0 radical (unpaired) electrons. The van der Waals surface area contributed by atoms with Gasteiger partial charge < -0.3 is 5.73 Å². The van der Waals surface area contributed by atoms with Crippen molar-refractivity contribution in [3.8, 4) is 6.07 Å². The van der Waals surface area contributed by atoms with Gasteiger partial charge in [-0.25, -0.2) is 8.42 Å². The predicted octanol–water partition coefficient (Wildman–Crippen LogP) is 1.32. The van der Waals surface area contributed by atoms with E-state index in [2.05, 4.69) is 0 Å². The van der Waals surface area contributed by atoms with E-state index < -0.39 is 10.0 Å². The smallest absolute Gasteiger partial charge is 0.244 e. The number of nitriles is 1. The fourth-order valence-electron chi connectivity index (χ4n) is 2.18. The van der Waals surface area contributed by atoms with Gasteiger partial charge in [0.05, 0.1) is 16.7 Å². The molecule has 2 rings (SSSR count). The van der Waals surface area contributed by atoms with Crippen LogP contribution in [-0.4, -0.2) is 31.4 Å². The second-order valence-corrected chi connectivity index (χ2v) is 6.83. The Kier molecular flexibility index (Phi) is 3.83. The first-order valence-corrected chi connectivity index (χ1v) is 7.67. The number of benzene rings is 1. The molecule has 0 amide bonds. The van der Waals surface area contributed by atoms with Crippen molar-refractivity contribution < 1.29 is 8.42 Å². The number of nitrogens with zero attached hydrogens (tertiary/aromatic N) is 2. The fraction of sp³-hybridized carbons (Fsp3) is 0.417. The number of sulfonamides is 1. The average molecular weight is 300 g/mol. The van der Waals surface area contributed by atoms with Crippen molar-refractivity contribution in [1.29, 1.82) is 5.26 Å². The van der Waals surface area contributed by atoms with Crippen molar-refractivity contribution in [2.75, 3.05) is 6.54 Å². The minimum absolute atomic E-state index is 0.0223. The quantitative estimate of drug-likeness (QED) is 0.892. The third-order valence-electron chi connectivity index (χ3n) is 3.40. The number of hydrogen-bond acceptors (Lipinski definition) is 4. The highest BCUT2D eigenvalue weighted by Gasteiger charge is 2.38. The molecule has 2 unspecified atom stereocenters. The van der Waals surface area contributed by atoms with Crippen molar-refractivity contribution in [2.24, 2.45) is 5.73 Å². The zero-order valence-electron chi connectivity index (χ0n) is 10.4. The van der Waals surface area contributed by atoms with Gasteiger partial charge >= 0.3 is 0 Å². The average Bonchev–Trinajstić information content (AvgIpc) is 2.70. The standard InChI is InChI=1S/C12H14ClN3O2S/c1-8-11(15)4-5-16(8)19(17,18)12-3-2-9(7-14)6-10(12)13/h2-3,6,8,11H,4-5,15H2,1H3. The van der Waals surface area contributed by atoms with Gasteiger partial charge in [0, 0.05) is 18.6 Å². The van der Waals surface area contributed by atoms with Crippen molar-refractivity contribution in [3.63, 3.8) is 0 Å². The minimum Gasteiger partial charge on any atom is -0.326 e. The Morgan fingerprint density at radius 1 is 1.53 bits per heavy atom. The van der Waals surface area contributed by atoms with Crippen LogP contribution in [-0.2, 0) is 10.0 Å². The first-order valence-electron chi connectivity index (χ1n) is 5.85. The first kappa shape index (κ1) is 14.3. The lowest BCUT2D eigenvalue weighted by Gasteiger charge is -2.23. The van der Waals surface area contributed by atoms with Crippen LogP contribution in [0, 0.1) is 11.3 Å². The Morgan fingerprint density at radius 3 is 2.68 bits per heavy atom. The maximum atomic E-state index is 12.5. The van der Waals surface area contributed by atoms with Gasteiger partial charge in [0.2, 0.25) is 10.0 Å². The normalized spacial score (nSPS) is 24.3. The molecule has 5 nitrogen and oxygen atoms in total. The van der Waals surface area contributed by atoms with Crippen LogP contribution in [0.4, 0.5) is 0 Å². The maximum Gasteiger partial charge on any atom is 0.244 e. The highest BCUT2D eigenvalue weighted by Crippen LogP contribution is 2.30. The van der Waals surface area contributed by atoms with E-state index in [1.807, 2.05) is 6.07 Å². The number of hydrogen-bond donors (Lipinski definition) is 1. The molecule has 102 valence electrons. The molecule has 1 aliphatic rings. The van der Waals surface area contributed by atoms with Crippen LogP contribution in [0.5, 0.6) is 0 Å². The second kappa shape index (κ2) is 5.10. The van der Waals surface area contributed by atoms with E-state index in [9.17, 15) is 8.42 Å². The van der Waals surface area contributed by atoms with Crippen LogP contribution in [0.3, 0.4) is 0 Å². The third kappa shape index (κ3) is 2.47. The molecule has 0 saturated carbocycles. The Morgan fingerprint density at radius 2 is 2.21 bits per heavy atom. The summed E-state index contributed by atoms with van der Waals surface area (Å²) in [5, 5.41) is 8.82. The summed E-state index contributed by atoms with van der Waals surface area (Å²) in [5.41, 5.74) is 6.17. The maximum absolute atomic E-state index is 12.5. The molecule has 1 aromatic carbocycles. The van der Waals surface area contributed by atoms with Gasteiger partial charge in [-0.05, 0) is 31.5 Å². The second-order valence-electron chi connectivity index (χ2n) is 4.57. The van der Waals surface area contributed by atoms with Crippen LogP contribution in [0.2, 0.25) is 5.02 Å². The highest BCUT2D eigenvalue weighted by molar-refractivity contribution is 7.89. The topological polar surface area (TPSA) is 87.2 Å². The summed E-state index contributed by atoms with van der Waals surface area (Å²) in [5.74, 6) is 0. The van der Waals surface area contributed by atoms with Crippen LogP contribution in [0.25, 0.3) is 0 Å². The van der Waals surface area contributed by atoms with E-state index in [0.29, 0.717) is 18.5 Å². The summed E-state index contributed by atoms with van der Waals surface area (Å²) in [6, 6.07) is 5.67. The van der Waals surface area contributed by atoms with Crippen molar-refractivity contribution in [1.82, 2.24) is 4.31 Å². The fourth-order valence-corrected chi connectivity index (χ4v) is 4.39. The Bertz CT molecular complexity index is 639. The lowest BCUT2D eigenvalue weighted by molar-refractivity contribution is 0.393. The van der Waals surface area contributed by atoms with E-state index in [4.69, 9.17) is 22.6 Å². The summed E-state index contributed by atoms with van der Waals surface area (Å²) in [7, 11) is -3.66. The molecule has 0 bridgehead atoms. The Hall–Kier alpha value is -1.13. The summed E-state index contributed by atoms with van der Waals surface area (Å²) in [6.07, 6.45) is 0.633. The van der Waals surface area contributed by atoms with Gasteiger partial charge in [0.1, 0.15) is 4.90 Å². The molecule has 1 aromatic rings. The third-order valence-corrected chi connectivity index (χ3v) is 5.87. The predicted molar refractivity (Wildman–Crippen MR) is 72.1 cm³/mol. The molecule has 0 spiro atoms. The molecule has 19 heavy (non-hydrogen) atoms.